The number of aliphatic hydroxyl groups excluding tert-OH is 2. The first-order valence-electron chi connectivity index (χ1n) is 16.9. The molecular weight excluding hydrogens is 470 g/mol. The highest BCUT2D eigenvalue weighted by Gasteiger charge is 2.17. The summed E-state index contributed by atoms with van der Waals surface area (Å²) in [5.74, 6) is -0.0649. The van der Waals surface area contributed by atoms with Gasteiger partial charge < -0.3 is 15.5 Å². The van der Waals surface area contributed by atoms with Crippen LogP contribution in [-0.4, -0.2) is 34.9 Å². The van der Waals surface area contributed by atoms with E-state index >= 15 is 0 Å². The molecular formula is C34H67NO3. The number of carbonyl (C=O) groups excluding carboxylic acids is 1. The Morgan fingerprint density at radius 1 is 0.605 bits per heavy atom. The molecule has 38 heavy (non-hydrogen) atoms. The van der Waals surface area contributed by atoms with Crippen molar-refractivity contribution in [2.24, 2.45) is 0 Å². The Hall–Kier alpha value is -0.870. The maximum atomic E-state index is 12.2. The lowest BCUT2D eigenvalue weighted by atomic mass is 10.0. The van der Waals surface area contributed by atoms with Crippen molar-refractivity contribution < 1.29 is 15.0 Å². The van der Waals surface area contributed by atoms with Crippen molar-refractivity contribution in [3.8, 4) is 0 Å². The van der Waals surface area contributed by atoms with E-state index < -0.39 is 12.1 Å². The number of amides is 1. The maximum Gasteiger partial charge on any atom is 0.220 e. The zero-order chi connectivity index (χ0) is 27.9. The van der Waals surface area contributed by atoms with E-state index in [1.807, 2.05) is 6.08 Å². The zero-order valence-corrected chi connectivity index (χ0v) is 25.7. The van der Waals surface area contributed by atoms with Gasteiger partial charge in [0.2, 0.25) is 5.91 Å². The second kappa shape index (κ2) is 30.7. The standard InChI is InChI=1S/C34H67NO3/c1-3-5-7-9-11-13-15-16-17-18-19-20-22-24-26-28-30-34(38)35-32(31-36)33(37)29-27-25-23-21-14-12-10-8-6-4-2/h27,29,32-33,36-37H,3-26,28,30-31H2,1-2H3,(H,35,38)/b29-27+. The normalized spacial score (nSPS) is 13.3. The Labute approximate surface area is 237 Å². The molecule has 2 unspecified atom stereocenters. The smallest absolute Gasteiger partial charge is 0.220 e. The van der Waals surface area contributed by atoms with Crippen LogP contribution < -0.4 is 5.32 Å². The molecule has 0 saturated heterocycles. The number of rotatable bonds is 30. The third-order valence-corrected chi connectivity index (χ3v) is 7.77. The molecule has 0 aliphatic rings. The molecule has 1 amide bonds. The van der Waals surface area contributed by atoms with Crippen LogP contribution in [-0.2, 0) is 4.79 Å². The SMILES string of the molecule is CCCCCCCCCC/C=C/C(O)C(CO)NC(=O)CCCCCCCCCCCCCCCCCC. The first-order chi connectivity index (χ1) is 18.7. The summed E-state index contributed by atoms with van der Waals surface area (Å²) in [6.07, 6.45) is 35.7. The van der Waals surface area contributed by atoms with Crippen LogP contribution in [0.2, 0.25) is 0 Å². The van der Waals surface area contributed by atoms with Crippen LogP contribution in [0.1, 0.15) is 181 Å². The summed E-state index contributed by atoms with van der Waals surface area (Å²) in [4.78, 5) is 12.2. The van der Waals surface area contributed by atoms with Gasteiger partial charge in [-0.3, -0.25) is 4.79 Å². The number of hydrogen-bond donors (Lipinski definition) is 3. The van der Waals surface area contributed by atoms with Crippen molar-refractivity contribution in [1.29, 1.82) is 0 Å². The van der Waals surface area contributed by atoms with Crippen molar-refractivity contribution in [2.45, 2.75) is 193 Å². The van der Waals surface area contributed by atoms with Gasteiger partial charge in [0.05, 0.1) is 18.8 Å². The predicted molar refractivity (Wildman–Crippen MR) is 166 cm³/mol. The van der Waals surface area contributed by atoms with E-state index in [4.69, 9.17) is 0 Å². The van der Waals surface area contributed by atoms with E-state index in [0.717, 1.165) is 25.7 Å². The van der Waals surface area contributed by atoms with Gasteiger partial charge in [-0.1, -0.05) is 167 Å². The van der Waals surface area contributed by atoms with E-state index in [9.17, 15) is 15.0 Å². The second-order valence-electron chi connectivity index (χ2n) is 11.6. The van der Waals surface area contributed by atoms with E-state index in [-0.39, 0.29) is 12.5 Å². The zero-order valence-electron chi connectivity index (χ0n) is 25.7. The van der Waals surface area contributed by atoms with Gasteiger partial charge in [-0.2, -0.15) is 0 Å². The van der Waals surface area contributed by atoms with Gasteiger partial charge in [-0.15, -0.1) is 0 Å². The van der Waals surface area contributed by atoms with Crippen molar-refractivity contribution in [1.82, 2.24) is 5.32 Å². The summed E-state index contributed by atoms with van der Waals surface area (Å²) in [6, 6.07) is -0.613. The monoisotopic (exact) mass is 538 g/mol. The number of nitrogens with one attached hydrogen (secondary N) is 1. The lowest BCUT2D eigenvalue weighted by Gasteiger charge is -2.20. The molecule has 0 aromatic heterocycles. The van der Waals surface area contributed by atoms with Crippen LogP contribution in [0.4, 0.5) is 0 Å². The molecule has 226 valence electrons. The highest BCUT2D eigenvalue weighted by Crippen LogP contribution is 2.14. The van der Waals surface area contributed by atoms with Gasteiger partial charge in [-0.25, -0.2) is 0 Å². The van der Waals surface area contributed by atoms with Crippen molar-refractivity contribution >= 4 is 5.91 Å². The third kappa shape index (κ3) is 26.7. The molecule has 0 radical (unpaired) electrons. The Morgan fingerprint density at radius 2 is 0.974 bits per heavy atom. The Kier molecular flexibility index (Phi) is 30.0. The number of unbranched alkanes of at least 4 members (excludes halogenated alkanes) is 23. The molecule has 0 aromatic carbocycles. The number of hydrogen-bond acceptors (Lipinski definition) is 3. The first-order valence-corrected chi connectivity index (χ1v) is 16.9. The Morgan fingerprint density at radius 3 is 1.37 bits per heavy atom. The van der Waals surface area contributed by atoms with Gasteiger partial charge in [0, 0.05) is 6.42 Å². The fourth-order valence-corrected chi connectivity index (χ4v) is 5.12. The molecule has 0 aliphatic carbocycles. The minimum absolute atomic E-state index is 0.0649. The topological polar surface area (TPSA) is 69.6 Å². The van der Waals surface area contributed by atoms with E-state index in [1.165, 1.54) is 135 Å². The highest BCUT2D eigenvalue weighted by molar-refractivity contribution is 5.76. The predicted octanol–water partition coefficient (Wildman–Crippen LogP) is 9.56. The molecule has 0 bridgehead atoms. The summed E-state index contributed by atoms with van der Waals surface area (Å²) in [5.41, 5.74) is 0. The molecule has 4 nitrogen and oxygen atoms in total. The van der Waals surface area contributed by atoms with Gasteiger partial charge in [0.25, 0.3) is 0 Å². The maximum absolute atomic E-state index is 12.2. The summed E-state index contributed by atoms with van der Waals surface area (Å²) in [7, 11) is 0. The van der Waals surface area contributed by atoms with Crippen LogP contribution in [0.15, 0.2) is 12.2 Å². The number of carbonyl (C=O) groups is 1. The minimum Gasteiger partial charge on any atom is -0.394 e. The molecule has 0 rings (SSSR count). The number of allylic oxidation sites excluding steroid dienone is 1. The molecule has 0 fully saturated rings. The first kappa shape index (κ1) is 37.1. The lowest BCUT2D eigenvalue weighted by molar-refractivity contribution is -0.123. The fraction of sp³-hybridized carbons (Fsp3) is 0.912. The van der Waals surface area contributed by atoms with Crippen LogP contribution in [0.3, 0.4) is 0 Å². The summed E-state index contributed by atoms with van der Waals surface area (Å²) in [6.45, 7) is 4.28. The molecule has 0 aromatic rings. The molecule has 4 heteroatoms. The third-order valence-electron chi connectivity index (χ3n) is 7.77. The fourth-order valence-electron chi connectivity index (χ4n) is 5.12. The average molecular weight is 538 g/mol. The largest absolute Gasteiger partial charge is 0.394 e. The number of aliphatic hydroxyl groups is 2. The molecule has 2 atom stereocenters. The minimum atomic E-state index is -0.830. The van der Waals surface area contributed by atoms with Crippen LogP contribution in [0.25, 0.3) is 0 Å². The highest BCUT2D eigenvalue weighted by atomic mass is 16.3. The van der Waals surface area contributed by atoms with Crippen LogP contribution in [0.5, 0.6) is 0 Å². The van der Waals surface area contributed by atoms with Gasteiger partial charge in [0.15, 0.2) is 0 Å². The van der Waals surface area contributed by atoms with Crippen LogP contribution in [0, 0.1) is 0 Å². The van der Waals surface area contributed by atoms with E-state index in [1.54, 1.807) is 6.08 Å². The van der Waals surface area contributed by atoms with Gasteiger partial charge >= 0.3 is 0 Å². The Bertz CT molecular complexity index is 508. The molecule has 0 saturated carbocycles. The second-order valence-corrected chi connectivity index (χ2v) is 11.6. The molecule has 0 heterocycles. The lowest BCUT2D eigenvalue weighted by Crippen LogP contribution is -2.45. The average Bonchev–Trinajstić information content (AvgIpc) is 2.92. The van der Waals surface area contributed by atoms with Crippen molar-refractivity contribution in [3.05, 3.63) is 12.2 Å². The van der Waals surface area contributed by atoms with Gasteiger partial charge in [-0.05, 0) is 19.3 Å². The summed E-state index contributed by atoms with van der Waals surface area (Å²) >= 11 is 0. The summed E-state index contributed by atoms with van der Waals surface area (Å²) < 4.78 is 0. The van der Waals surface area contributed by atoms with E-state index in [0.29, 0.717) is 6.42 Å². The molecule has 0 aliphatic heterocycles. The van der Waals surface area contributed by atoms with Gasteiger partial charge in [0.1, 0.15) is 0 Å². The van der Waals surface area contributed by atoms with Crippen molar-refractivity contribution in [3.63, 3.8) is 0 Å². The van der Waals surface area contributed by atoms with Crippen molar-refractivity contribution in [2.75, 3.05) is 6.61 Å². The molecule has 0 spiro atoms. The molecule has 3 N–H and O–H groups in total. The summed E-state index contributed by atoms with van der Waals surface area (Å²) in [5, 5.41) is 22.8. The van der Waals surface area contributed by atoms with Crippen LogP contribution >= 0.6 is 0 Å². The Balaban J connectivity index is 3.59. The van der Waals surface area contributed by atoms with E-state index in [2.05, 4.69) is 19.2 Å². The quantitative estimate of drug-likeness (QED) is 0.0631.